The Hall–Kier alpha value is -0.770. The maximum atomic E-state index is 6.10. The number of rotatable bonds is 2. The van der Waals surface area contributed by atoms with Crippen LogP contribution in [-0.4, -0.2) is 26.3 Å². The van der Waals surface area contributed by atoms with E-state index in [4.69, 9.17) is 21.1 Å². The lowest BCUT2D eigenvalue weighted by Crippen LogP contribution is -2.39. The van der Waals surface area contributed by atoms with Crippen molar-refractivity contribution in [3.8, 4) is 5.75 Å². The zero-order valence-electron chi connectivity index (χ0n) is 10.4. The van der Waals surface area contributed by atoms with E-state index in [9.17, 15) is 0 Å². The van der Waals surface area contributed by atoms with Crippen LogP contribution in [0.2, 0.25) is 5.02 Å². The minimum absolute atomic E-state index is 0.00565. The summed E-state index contributed by atoms with van der Waals surface area (Å²) < 4.78 is 11.4. The molecule has 1 aromatic rings. The quantitative estimate of drug-likeness (QED) is 0.882. The summed E-state index contributed by atoms with van der Waals surface area (Å²) in [5.41, 5.74) is 2.06. The maximum Gasteiger partial charge on any atom is 0.127 e. The summed E-state index contributed by atoms with van der Waals surface area (Å²) in [6, 6.07) is 3.83. The lowest BCUT2D eigenvalue weighted by molar-refractivity contribution is -0.0297. The Labute approximate surface area is 107 Å². The van der Waals surface area contributed by atoms with Crippen LogP contribution in [0.1, 0.15) is 24.2 Å². The van der Waals surface area contributed by atoms with Crippen molar-refractivity contribution in [2.45, 2.75) is 26.1 Å². The molecule has 0 spiro atoms. The van der Waals surface area contributed by atoms with E-state index in [1.807, 2.05) is 19.1 Å². The van der Waals surface area contributed by atoms with E-state index in [1.165, 1.54) is 0 Å². The second-order valence-corrected chi connectivity index (χ2v) is 4.88. The number of halogens is 1. The summed E-state index contributed by atoms with van der Waals surface area (Å²) in [6.07, 6.45) is 0.212. The fourth-order valence-corrected chi connectivity index (χ4v) is 2.53. The van der Waals surface area contributed by atoms with Crippen molar-refractivity contribution < 1.29 is 9.47 Å². The molecule has 17 heavy (non-hydrogen) atoms. The largest absolute Gasteiger partial charge is 0.496 e. The molecule has 0 radical (unpaired) electrons. The predicted molar refractivity (Wildman–Crippen MR) is 68.9 cm³/mol. The number of benzene rings is 1. The highest BCUT2D eigenvalue weighted by Gasteiger charge is 2.24. The molecule has 1 saturated heterocycles. The maximum absolute atomic E-state index is 6.10. The van der Waals surface area contributed by atoms with Gasteiger partial charge in [-0.3, -0.25) is 0 Å². The van der Waals surface area contributed by atoms with E-state index < -0.39 is 0 Å². The smallest absolute Gasteiger partial charge is 0.127 e. The van der Waals surface area contributed by atoms with Gasteiger partial charge < -0.3 is 14.8 Å². The average molecular weight is 256 g/mol. The molecule has 1 aromatic carbocycles. The third-order valence-corrected chi connectivity index (χ3v) is 3.20. The Morgan fingerprint density at radius 3 is 2.82 bits per heavy atom. The molecule has 0 bridgehead atoms. The SMILES string of the molecule is COc1c(C)cc(Cl)cc1C1CNCC(C)O1. The fraction of sp³-hybridized carbons (Fsp3) is 0.538. The highest BCUT2D eigenvalue weighted by molar-refractivity contribution is 6.30. The second kappa shape index (κ2) is 5.25. The van der Waals surface area contributed by atoms with E-state index in [0.29, 0.717) is 0 Å². The van der Waals surface area contributed by atoms with Gasteiger partial charge in [0.25, 0.3) is 0 Å². The van der Waals surface area contributed by atoms with E-state index in [1.54, 1.807) is 7.11 Å². The standard InChI is InChI=1S/C13H18ClNO2/c1-8-4-10(14)5-11(13(8)16-3)12-7-15-6-9(2)17-12/h4-5,9,12,15H,6-7H2,1-3H3. The molecule has 1 fully saturated rings. The number of aryl methyl sites for hydroxylation is 1. The van der Waals surface area contributed by atoms with Crippen LogP contribution in [0, 0.1) is 6.92 Å². The van der Waals surface area contributed by atoms with Crippen LogP contribution in [0.4, 0.5) is 0 Å². The zero-order valence-corrected chi connectivity index (χ0v) is 11.2. The van der Waals surface area contributed by atoms with Crippen molar-refractivity contribution in [1.82, 2.24) is 5.32 Å². The molecule has 1 aliphatic rings. The monoisotopic (exact) mass is 255 g/mol. The van der Waals surface area contributed by atoms with Gasteiger partial charge in [0.2, 0.25) is 0 Å². The van der Waals surface area contributed by atoms with E-state index in [2.05, 4.69) is 12.2 Å². The Morgan fingerprint density at radius 1 is 1.41 bits per heavy atom. The second-order valence-electron chi connectivity index (χ2n) is 4.44. The molecule has 0 amide bonds. The Kier molecular flexibility index (Phi) is 3.92. The Morgan fingerprint density at radius 2 is 2.18 bits per heavy atom. The molecule has 4 heteroatoms. The Balaban J connectivity index is 2.35. The number of methoxy groups -OCH3 is 1. The molecule has 0 aromatic heterocycles. The van der Waals surface area contributed by atoms with Crippen molar-refractivity contribution >= 4 is 11.6 Å². The third-order valence-electron chi connectivity index (χ3n) is 2.98. The molecule has 1 aliphatic heterocycles. The molecule has 0 aliphatic carbocycles. The first-order valence-electron chi connectivity index (χ1n) is 5.82. The summed E-state index contributed by atoms with van der Waals surface area (Å²) in [4.78, 5) is 0. The number of nitrogens with one attached hydrogen (secondary N) is 1. The van der Waals surface area contributed by atoms with Crippen LogP contribution in [-0.2, 0) is 4.74 Å². The first-order valence-corrected chi connectivity index (χ1v) is 6.20. The highest BCUT2D eigenvalue weighted by atomic mass is 35.5. The van der Waals surface area contributed by atoms with Gasteiger partial charge >= 0.3 is 0 Å². The molecular formula is C13H18ClNO2. The fourth-order valence-electron chi connectivity index (χ4n) is 2.25. The van der Waals surface area contributed by atoms with Crippen LogP contribution in [0.25, 0.3) is 0 Å². The van der Waals surface area contributed by atoms with Crippen LogP contribution in [0.15, 0.2) is 12.1 Å². The van der Waals surface area contributed by atoms with Gasteiger partial charge in [0.15, 0.2) is 0 Å². The minimum Gasteiger partial charge on any atom is -0.496 e. The van der Waals surface area contributed by atoms with Crippen molar-refractivity contribution in [3.63, 3.8) is 0 Å². The molecule has 1 N–H and O–H groups in total. The molecule has 0 saturated carbocycles. The van der Waals surface area contributed by atoms with E-state index >= 15 is 0 Å². The predicted octanol–water partition coefficient (Wildman–Crippen LogP) is 2.71. The topological polar surface area (TPSA) is 30.5 Å². The van der Waals surface area contributed by atoms with Gasteiger partial charge in [-0.05, 0) is 31.5 Å². The van der Waals surface area contributed by atoms with Crippen LogP contribution in [0.5, 0.6) is 5.75 Å². The summed E-state index contributed by atoms with van der Waals surface area (Å²) in [5.74, 6) is 0.871. The molecule has 1 heterocycles. The molecule has 94 valence electrons. The summed E-state index contributed by atoms with van der Waals surface area (Å²) >= 11 is 6.10. The molecule has 3 nitrogen and oxygen atoms in total. The minimum atomic E-state index is 0.00565. The van der Waals surface area contributed by atoms with Crippen molar-refractivity contribution in [1.29, 1.82) is 0 Å². The molecular weight excluding hydrogens is 238 g/mol. The van der Waals surface area contributed by atoms with Crippen LogP contribution >= 0.6 is 11.6 Å². The van der Waals surface area contributed by atoms with Gasteiger partial charge in [-0.2, -0.15) is 0 Å². The first kappa shape index (κ1) is 12.7. The number of ether oxygens (including phenoxy) is 2. The zero-order chi connectivity index (χ0) is 12.4. The normalized spacial score (nSPS) is 24.7. The first-order chi connectivity index (χ1) is 8.11. The lowest BCUT2D eigenvalue weighted by atomic mass is 10.0. The summed E-state index contributed by atoms with van der Waals surface area (Å²) in [7, 11) is 1.68. The summed E-state index contributed by atoms with van der Waals surface area (Å²) in [5, 5.41) is 4.07. The van der Waals surface area contributed by atoms with Crippen molar-refractivity contribution in [2.75, 3.05) is 20.2 Å². The number of hydrogen-bond acceptors (Lipinski definition) is 3. The van der Waals surface area contributed by atoms with Gasteiger partial charge in [0.05, 0.1) is 19.3 Å². The Bertz CT molecular complexity index is 409. The summed E-state index contributed by atoms with van der Waals surface area (Å²) in [6.45, 7) is 5.73. The highest BCUT2D eigenvalue weighted by Crippen LogP contribution is 2.34. The number of morpholine rings is 1. The average Bonchev–Trinajstić information content (AvgIpc) is 2.28. The van der Waals surface area contributed by atoms with E-state index in [-0.39, 0.29) is 12.2 Å². The van der Waals surface area contributed by atoms with Gasteiger partial charge in [-0.1, -0.05) is 11.6 Å². The van der Waals surface area contributed by atoms with Crippen molar-refractivity contribution in [2.24, 2.45) is 0 Å². The molecule has 2 rings (SSSR count). The lowest BCUT2D eigenvalue weighted by Gasteiger charge is -2.30. The third kappa shape index (κ3) is 2.73. The molecule has 2 unspecified atom stereocenters. The number of hydrogen-bond donors (Lipinski definition) is 1. The van der Waals surface area contributed by atoms with Gasteiger partial charge in [0, 0.05) is 23.7 Å². The van der Waals surface area contributed by atoms with E-state index in [0.717, 1.165) is 35.0 Å². The van der Waals surface area contributed by atoms with Gasteiger partial charge in [-0.15, -0.1) is 0 Å². The van der Waals surface area contributed by atoms with Gasteiger partial charge in [0.1, 0.15) is 5.75 Å². The molecule has 2 atom stereocenters. The van der Waals surface area contributed by atoms with Crippen LogP contribution < -0.4 is 10.1 Å². The van der Waals surface area contributed by atoms with Crippen LogP contribution in [0.3, 0.4) is 0 Å². The van der Waals surface area contributed by atoms with Gasteiger partial charge in [-0.25, -0.2) is 0 Å². The van der Waals surface area contributed by atoms with Crippen molar-refractivity contribution in [3.05, 3.63) is 28.3 Å².